The third-order valence-electron chi connectivity index (χ3n) is 3.02. The molecule has 0 unspecified atom stereocenters. The predicted molar refractivity (Wildman–Crippen MR) is 86.5 cm³/mol. The Morgan fingerprint density at radius 1 is 1.21 bits per heavy atom. The minimum absolute atomic E-state index is 0.470. The van der Waals surface area contributed by atoms with E-state index in [0.717, 1.165) is 31.7 Å². The second kappa shape index (κ2) is 8.25. The summed E-state index contributed by atoms with van der Waals surface area (Å²) in [5, 5.41) is 0. The lowest BCUT2D eigenvalue weighted by molar-refractivity contribution is 0.234. The molecule has 106 valence electrons. The highest BCUT2D eigenvalue weighted by Gasteiger charge is 2.06. The molecule has 0 aliphatic rings. The SMILES string of the molecule is CCCN(CCN(C)C)Cc1cccc(C(N)=S)c1. The van der Waals surface area contributed by atoms with Crippen molar-refractivity contribution < 1.29 is 0 Å². The van der Waals surface area contributed by atoms with E-state index in [9.17, 15) is 0 Å². The summed E-state index contributed by atoms with van der Waals surface area (Å²) < 4.78 is 0. The van der Waals surface area contributed by atoms with Gasteiger partial charge in [0.1, 0.15) is 4.99 Å². The van der Waals surface area contributed by atoms with Crippen molar-refractivity contribution in [2.24, 2.45) is 5.73 Å². The van der Waals surface area contributed by atoms with Gasteiger partial charge in [-0.1, -0.05) is 37.3 Å². The van der Waals surface area contributed by atoms with Crippen LogP contribution in [0.15, 0.2) is 24.3 Å². The summed E-state index contributed by atoms with van der Waals surface area (Å²) in [7, 11) is 4.22. The molecular formula is C15H25N3S. The molecule has 1 rings (SSSR count). The summed E-state index contributed by atoms with van der Waals surface area (Å²) in [5.74, 6) is 0. The van der Waals surface area contributed by atoms with Gasteiger partial charge in [-0.2, -0.15) is 0 Å². The smallest absolute Gasteiger partial charge is 0.103 e. The van der Waals surface area contributed by atoms with Crippen LogP contribution in [0.3, 0.4) is 0 Å². The van der Waals surface area contributed by atoms with E-state index in [1.165, 1.54) is 12.0 Å². The summed E-state index contributed by atoms with van der Waals surface area (Å²) in [5.41, 5.74) is 7.91. The van der Waals surface area contributed by atoms with E-state index in [-0.39, 0.29) is 0 Å². The van der Waals surface area contributed by atoms with Crippen LogP contribution < -0.4 is 5.73 Å². The Labute approximate surface area is 122 Å². The minimum atomic E-state index is 0.470. The molecule has 0 atom stereocenters. The fourth-order valence-corrected chi connectivity index (χ4v) is 2.14. The molecular weight excluding hydrogens is 254 g/mol. The van der Waals surface area contributed by atoms with E-state index in [1.807, 2.05) is 12.1 Å². The van der Waals surface area contributed by atoms with Crippen molar-refractivity contribution >= 4 is 17.2 Å². The first kappa shape index (κ1) is 16.1. The topological polar surface area (TPSA) is 32.5 Å². The molecule has 0 amide bonds. The average Bonchev–Trinajstić information content (AvgIpc) is 2.36. The molecule has 0 bridgehead atoms. The molecule has 0 radical (unpaired) electrons. The molecule has 1 aromatic rings. The molecule has 1 aromatic carbocycles. The first-order valence-electron chi connectivity index (χ1n) is 6.78. The number of nitrogens with two attached hydrogens (primary N) is 1. The summed E-state index contributed by atoms with van der Waals surface area (Å²) in [6, 6.07) is 8.23. The van der Waals surface area contributed by atoms with Crippen LogP contribution in [-0.4, -0.2) is 48.5 Å². The lowest BCUT2D eigenvalue weighted by Crippen LogP contribution is -2.32. The van der Waals surface area contributed by atoms with Crippen molar-refractivity contribution in [2.45, 2.75) is 19.9 Å². The molecule has 2 N–H and O–H groups in total. The Balaban J connectivity index is 2.67. The quantitative estimate of drug-likeness (QED) is 0.739. The maximum Gasteiger partial charge on any atom is 0.103 e. The lowest BCUT2D eigenvalue weighted by atomic mass is 10.1. The largest absolute Gasteiger partial charge is 0.389 e. The highest BCUT2D eigenvalue weighted by molar-refractivity contribution is 7.80. The standard InChI is InChI=1S/C15H25N3S/c1-4-8-18(10-9-17(2)3)12-13-6-5-7-14(11-13)15(16)19/h5-7,11H,4,8-10,12H2,1-3H3,(H2,16,19). The zero-order valence-corrected chi connectivity index (χ0v) is 13.0. The number of rotatable bonds is 8. The van der Waals surface area contributed by atoms with Crippen LogP contribution in [0.1, 0.15) is 24.5 Å². The second-order valence-corrected chi connectivity index (χ2v) is 5.58. The predicted octanol–water partition coefficient (Wildman–Crippen LogP) is 2.09. The highest BCUT2D eigenvalue weighted by atomic mass is 32.1. The van der Waals surface area contributed by atoms with Gasteiger partial charge in [-0.25, -0.2) is 0 Å². The monoisotopic (exact) mass is 279 g/mol. The summed E-state index contributed by atoms with van der Waals surface area (Å²) in [4.78, 5) is 5.16. The normalized spacial score (nSPS) is 11.2. The van der Waals surface area contributed by atoms with Gasteiger partial charge in [-0.3, -0.25) is 4.90 Å². The maximum absolute atomic E-state index is 5.68. The molecule has 4 heteroatoms. The molecule has 0 aromatic heterocycles. The summed E-state index contributed by atoms with van der Waals surface area (Å²) in [6.45, 7) is 6.45. The maximum atomic E-state index is 5.68. The van der Waals surface area contributed by atoms with Crippen molar-refractivity contribution in [3.05, 3.63) is 35.4 Å². The Morgan fingerprint density at radius 3 is 2.53 bits per heavy atom. The van der Waals surface area contributed by atoms with E-state index in [4.69, 9.17) is 18.0 Å². The molecule has 3 nitrogen and oxygen atoms in total. The molecule has 0 saturated heterocycles. The van der Waals surface area contributed by atoms with Crippen LogP contribution in [-0.2, 0) is 6.54 Å². The van der Waals surface area contributed by atoms with Gasteiger partial charge in [0.05, 0.1) is 0 Å². The van der Waals surface area contributed by atoms with Crippen LogP contribution >= 0.6 is 12.2 Å². The van der Waals surface area contributed by atoms with Gasteiger partial charge >= 0.3 is 0 Å². The molecule has 0 heterocycles. The van der Waals surface area contributed by atoms with Crippen LogP contribution in [0.2, 0.25) is 0 Å². The molecule has 0 aliphatic heterocycles. The van der Waals surface area contributed by atoms with Gasteiger partial charge in [0, 0.05) is 25.2 Å². The Hall–Kier alpha value is -0.970. The van der Waals surface area contributed by atoms with Crippen LogP contribution in [0, 0.1) is 0 Å². The van der Waals surface area contributed by atoms with Crippen molar-refractivity contribution in [3.63, 3.8) is 0 Å². The zero-order chi connectivity index (χ0) is 14.3. The third-order valence-corrected chi connectivity index (χ3v) is 3.26. The Bertz CT molecular complexity index is 404. The highest BCUT2D eigenvalue weighted by Crippen LogP contribution is 2.09. The summed E-state index contributed by atoms with van der Waals surface area (Å²) in [6.07, 6.45) is 1.17. The van der Waals surface area contributed by atoms with Gasteiger partial charge in [-0.15, -0.1) is 0 Å². The van der Waals surface area contributed by atoms with Gasteiger partial charge in [0.2, 0.25) is 0 Å². The molecule has 0 spiro atoms. The first-order valence-corrected chi connectivity index (χ1v) is 7.19. The summed E-state index contributed by atoms with van der Waals surface area (Å²) >= 11 is 5.03. The fourth-order valence-electron chi connectivity index (χ4n) is 2.01. The number of hydrogen-bond acceptors (Lipinski definition) is 3. The van der Waals surface area contributed by atoms with Crippen molar-refractivity contribution in [1.29, 1.82) is 0 Å². The number of hydrogen-bond donors (Lipinski definition) is 1. The molecule has 19 heavy (non-hydrogen) atoms. The van der Waals surface area contributed by atoms with E-state index in [1.54, 1.807) is 0 Å². The van der Waals surface area contributed by atoms with E-state index in [0.29, 0.717) is 4.99 Å². The number of likely N-dealkylation sites (N-methyl/N-ethyl adjacent to an activating group) is 1. The fraction of sp³-hybridized carbons (Fsp3) is 0.533. The van der Waals surface area contributed by atoms with Crippen LogP contribution in [0.25, 0.3) is 0 Å². The van der Waals surface area contributed by atoms with Gasteiger partial charge in [-0.05, 0) is 38.7 Å². The van der Waals surface area contributed by atoms with Gasteiger partial charge in [0.25, 0.3) is 0 Å². The van der Waals surface area contributed by atoms with Gasteiger partial charge in [0.15, 0.2) is 0 Å². The van der Waals surface area contributed by atoms with E-state index in [2.05, 4.69) is 43.0 Å². The van der Waals surface area contributed by atoms with Crippen molar-refractivity contribution in [1.82, 2.24) is 9.80 Å². The molecule has 0 saturated carbocycles. The number of nitrogens with zero attached hydrogens (tertiary/aromatic N) is 2. The number of thiocarbonyl (C=S) groups is 1. The number of benzene rings is 1. The first-order chi connectivity index (χ1) is 9.02. The van der Waals surface area contributed by atoms with E-state index >= 15 is 0 Å². The van der Waals surface area contributed by atoms with E-state index < -0.39 is 0 Å². The zero-order valence-electron chi connectivity index (χ0n) is 12.2. The Kier molecular flexibility index (Phi) is 6.99. The third kappa shape index (κ3) is 6.14. The van der Waals surface area contributed by atoms with Crippen LogP contribution in [0.4, 0.5) is 0 Å². The van der Waals surface area contributed by atoms with Gasteiger partial charge < -0.3 is 10.6 Å². The lowest BCUT2D eigenvalue weighted by Gasteiger charge is -2.23. The molecule has 0 aliphatic carbocycles. The van der Waals surface area contributed by atoms with Crippen molar-refractivity contribution in [3.8, 4) is 0 Å². The average molecular weight is 279 g/mol. The van der Waals surface area contributed by atoms with Crippen molar-refractivity contribution in [2.75, 3.05) is 33.7 Å². The minimum Gasteiger partial charge on any atom is -0.389 e. The second-order valence-electron chi connectivity index (χ2n) is 5.14. The molecule has 0 fully saturated rings. The Morgan fingerprint density at radius 2 is 1.95 bits per heavy atom. The van der Waals surface area contributed by atoms with Crippen LogP contribution in [0.5, 0.6) is 0 Å².